The first-order valence-electron chi connectivity index (χ1n) is 19.5. The smallest absolute Gasteiger partial charge is 0.847 e. The number of hydrogen-bond donors (Lipinski definition) is 3. The third kappa shape index (κ3) is 27.7. The SMILES string of the molecule is C=C[C@@H](O)C[C@H](O[Si](C)(C)C(C)(C)C)C(=O)CN(C)O.CC([C@@H]([O-])c1ccccc1)N1CCOCC1.CN(O)CC(=O)[C@H](CC=O)O[Si](C)(C)C(C)(C)C.[CH-]=C.[CH-]=C.[Li+].[Zn+2]. The number of hydroxylamine groups is 4. The van der Waals surface area contributed by atoms with Gasteiger partial charge in [-0.25, -0.2) is 0 Å². The van der Waals surface area contributed by atoms with Crippen molar-refractivity contribution in [3.8, 4) is 0 Å². The van der Waals surface area contributed by atoms with Crippen molar-refractivity contribution < 1.29 is 86.9 Å². The zero-order chi connectivity index (χ0) is 46.1. The quantitative estimate of drug-likeness (QED) is 0.0646. The van der Waals surface area contributed by atoms with E-state index >= 15 is 0 Å². The maximum atomic E-state index is 12.2. The summed E-state index contributed by atoms with van der Waals surface area (Å²) in [6.07, 6.45) is -0.652. The summed E-state index contributed by atoms with van der Waals surface area (Å²) in [6, 6.07) is 9.64. The fraction of sp³-hybridized carbons (Fsp3) is 0.651. The number of aldehydes is 1. The second kappa shape index (κ2) is 34.2. The van der Waals surface area contributed by atoms with E-state index < -0.39 is 41.1 Å². The summed E-state index contributed by atoms with van der Waals surface area (Å²) in [7, 11) is -1.43. The van der Waals surface area contributed by atoms with Crippen LogP contribution in [0.2, 0.25) is 36.3 Å². The molecule has 1 unspecified atom stereocenters. The molecule has 0 spiro atoms. The van der Waals surface area contributed by atoms with Crippen molar-refractivity contribution >= 4 is 34.5 Å². The van der Waals surface area contributed by atoms with Crippen molar-refractivity contribution in [2.75, 3.05) is 53.5 Å². The summed E-state index contributed by atoms with van der Waals surface area (Å²) in [4.78, 5) is 36.9. The van der Waals surface area contributed by atoms with Crippen LogP contribution in [0.4, 0.5) is 0 Å². The van der Waals surface area contributed by atoms with E-state index in [2.05, 4.69) is 92.4 Å². The van der Waals surface area contributed by atoms with Gasteiger partial charge in [0.25, 0.3) is 0 Å². The topological polar surface area (TPSA) is 172 Å². The van der Waals surface area contributed by atoms with Crippen LogP contribution in [0.1, 0.15) is 73.0 Å². The van der Waals surface area contributed by atoms with Gasteiger partial charge in [-0.05, 0) is 42.3 Å². The Kier molecular flexibility index (Phi) is 38.6. The third-order valence-corrected chi connectivity index (χ3v) is 19.2. The molecule has 13 nitrogen and oxygen atoms in total. The van der Waals surface area contributed by atoms with Crippen LogP contribution in [0.3, 0.4) is 0 Å². The number of aliphatic hydroxyl groups excluding tert-OH is 1. The summed E-state index contributed by atoms with van der Waals surface area (Å²) >= 11 is 0. The molecule has 3 N–H and O–H groups in total. The molecule has 60 heavy (non-hydrogen) atoms. The van der Waals surface area contributed by atoms with Gasteiger partial charge in [-0.3, -0.25) is 27.6 Å². The number of rotatable bonds is 18. The summed E-state index contributed by atoms with van der Waals surface area (Å²) in [5.74, 6) is -0.502. The van der Waals surface area contributed by atoms with Gasteiger partial charge < -0.3 is 52.2 Å². The van der Waals surface area contributed by atoms with Crippen LogP contribution in [0.25, 0.3) is 0 Å². The molecule has 0 amide bonds. The van der Waals surface area contributed by atoms with Crippen molar-refractivity contribution in [1.29, 1.82) is 0 Å². The average Bonchev–Trinajstić information content (AvgIpc) is 3.15. The van der Waals surface area contributed by atoms with Crippen LogP contribution in [0.5, 0.6) is 0 Å². The molecule has 17 heteroatoms. The van der Waals surface area contributed by atoms with Crippen molar-refractivity contribution in [3.63, 3.8) is 0 Å². The Morgan fingerprint density at radius 3 is 1.62 bits per heavy atom. The Bertz CT molecular complexity index is 1290. The molecule has 1 aromatic rings. The van der Waals surface area contributed by atoms with Crippen molar-refractivity contribution in [2.24, 2.45) is 0 Å². The first-order valence-corrected chi connectivity index (χ1v) is 25.3. The molecule has 1 fully saturated rings. The number of hydrogen-bond acceptors (Lipinski definition) is 13. The summed E-state index contributed by atoms with van der Waals surface area (Å²) < 4.78 is 17.3. The number of ketones is 2. The molecule has 0 aromatic heterocycles. The van der Waals surface area contributed by atoms with E-state index in [9.17, 15) is 29.8 Å². The maximum absolute atomic E-state index is 12.2. The number of aliphatic hydroxyl groups is 1. The predicted octanol–water partition coefficient (Wildman–Crippen LogP) is 3.08. The Hall–Kier alpha value is -1.30. The maximum Gasteiger partial charge on any atom is 2.00 e. The molecule has 1 saturated heterocycles. The van der Waals surface area contributed by atoms with Gasteiger partial charge in [-0.1, -0.05) is 96.5 Å². The molecule has 336 valence electrons. The van der Waals surface area contributed by atoms with Crippen LogP contribution in [0.15, 0.2) is 56.1 Å². The fourth-order valence-corrected chi connectivity index (χ4v) is 7.30. The van der Waals surface area contributed by atoms with Gasteiger partial charge in [0, 0.05) is 40.0 Å². The fourth-order valence-electron chi connectivity index (χ4n) is 4.71. The van der Waals surface area contributed by atoms with Gasteiger partial charge in [0.1, 0.15) is 18.5 Å². The molecule has 1 heterocycles. The summed E-state index contributed by atoms with van der Waals surface area (Å²) in [5.41, 5.74) is 0.876. The van der Waals surface area contributed by atoms with Crippen LogP contribution in [-0.2, 0) is 47.5 Å². The van der Waals surface area contributed by atoms with Crippen LogP contribution in [-0.4, -0.2) is 143 Å². The number of ether oxygens (including phenoxy) is 1. The first-order chi connectivity index (χ1) is 26.7. The van der Waals surface area contributed by atoms with Gasteiger partial charge in [0.05, 0.1) is 32.4 Å². The molecular weight excluding hydrogens is 847 g/mol. The minimum Gasteiger partial charge on any atom is -0.847 e. The van der Waals surface area contributed by atoms with Gasteiger partial charge in [0.2, 0.25) is 0 Å². The predicted molar refractivity (Wildman–Crippen MR) is 235 cm³/mol. The van der Waals surface area contributed by atoms with Crippen LogP contribution in [0, 0.1) is 13.2 Å². The Labute approximate surface area is 390 Å². The monoisotopic (exact) mass is 923 g/mol. The molecular formula is C43H78LiN3O10Si2Zn. The molecule has 0 bridgehead atoms. The minimum atomic E-state index is -2.13. The standard InChI is InChI=1S/C14H29NO4Si.C13H18NO2.C12H25NO4Si.2C2H3.Li.Zn/c1-8-11(16)9-13(12(17)10-15(5)18)19-20(6,7)14(2,3)4;1-11(14-7-9-16-10-8-14)13(15)12-5-3-2-4-6-12;1-12(2,3)18(5,6)17-11(7-8-14)10(15)9-13(4)16;2*1-2;;/h8,11,13,16,18H,1,9-10H2,2-7H3;2-6,11,13H,7-10H2,1H3;8,11,16H,7,9H2,1-6H3;2*1H,2H2;;/q;-1;;2*-1;+1;+2/t11-,13+;11?,13-;11-;;;;/m110..../s1. The number of carbonyl (C=O) groups is 3. The molecule has 1 aliphatic rings. The van der Waals surface area contributed by atoms with Gasteiger partial charge >= 0.3 is 38.3 Å². The van der Waals surface area contributed by atoms with E-state index in [1.54, 1.807) is 0 Å². The van der Waals surface area contributed by atoms with E-state index in [0.717, 1.165) is 42.0 Å². The molecule has 5 atom stereocenters. The van der Waals surface area contributed by atoms with E-state index in [-0.39, 0.29) is 92.0 Å². The van der Waals surface area contributed by atoms with Crippen molar-refractivity contribution in [3.05, 3.63) is 74.9 Å². The van der Waals surface area contributed by atoms with Crippen molar-refractivity contribution in [2.45, 2.75) is 128 Å². The van der Waals surface area contributed by atoms with Gasteiger partial charge in [-0.15, -0.1) is 6.58 Å². The number of carbonyl (C=O) groups excluding carboxylic acids is 3. The molecule has 0 saturated carbocycles. The molecule has 0 aliphatic carbocycles. The van der Waals surface area contributed by atoms with Crippen LogP contribution < -0.4 is 24.0 Å². The van der Waals surface area contributed by atoms with E-state index in [1.165, 1.54) is 20.2 Å². The summed E-state index contributed by atoms with van der Waals surface area (Å²) in [5, 5.41) is 41.8. The average molecular weight is 926 g/mol. The minimum absolute atomic E-state index is 0. The number of morpholine rings is 1. The molecule has 2 rings (SSSR count). The Balaban J connectivity index is -0.000000238. The van der Waals surface area contributed by atoms with E-state index in [0.29, 0.717) is 6.29 Å². The zero-order valence-electron chi connectivity index (χ0n) is 39.6. The summed E-state index contributed by atoms with van der Waals surface area (Å²) in [6.45, 7) is 43.1. The third-order valence-electron chi connectivity index (χ3n) is 10.2. The first kappa shape index (κ1) is 67.8. The largest absolute Gasteiger partial charge is 2.00 e. The van der Waals surface area contributed by atoms with Crippen molar-refractivity contribution in [1.82, 2.24) is 15.0 Å². The van der Waals surface area contributed by atoms with E-state index in [4.69, 9.17) is 18.8 Å². The second-order valence-electron chi connectivity index (χ2n) is 17.0. The Morgan fingerprint density at radius 1 is 0.883 bits per heavy atom. The molecule has 1 aliphatic heterocycles. The second-order valence-corrected chi connectivity index (χ2v) is 26.5. The van der Waals surface area contributed by atoms with Crippen LogP contribution >= 0.6 is 0 Å². The number of benzene rings is 1. The number of Topliss-reactive ketones (excluding diaryl/α,β-unsaturated/α-hetero) is 2. The Morgan fingerprint density at radius 2 is 1.27 bits per heavy atom. The van der Waals surface area contributed by atoms with Gasteiger partial charge in [-0.2, -0.15) is 10.1 Å². The molecule has 0 radical (unpaired) electrons. The number of likely N-dealkylation sites (N-methyl/N-ethyl adjacent to an activating group) is 2. The normalized spacial score (nSPS) is 15.7. The molecule has 1 aromatic carbocycles. The van der Waals surface area contributed by atoms with Gasteiger partial charge in [0.15, 0.2) is 28.2 Å². The zero-order valence-corrected chi connectivity index (χ0v) is 44.6. The number of nitrogens with zero attached hydrogens (tertiary/aromatic N) is 3. The van der Waals surface area contributed by atoms with E-state index in [1.807, 2.05) is 50.3 Å².